The quantitative estimate of drug-likeness (QED) is 0.652. The Bertz CT molecular complexity index is 454. The van der Waals surface area contributed by atoms with Gasteiger partial charge in [-0.2, -0.15) is 4.98 Å². The van der Waals surface area contributed by atoms with Crippen molar-refractivity contribution >= 4 is 22.5 Å². The number of halogens is 1. The molecule has 2 rings (SSSR count). The van der Waals surface area contributed by atoms with E-state index in [2.05, 4.69) is 9.97 Å². The van der Waals surface area contributed by atoms with Gasteiger partial charge in [0, 0.05) is 45.3 Å². The summed E-state index contributed by atoms with van der Waals surface area (Å²) in [4.78, 5) is 7.68. The molecule has 0 saturated carbocycles. The molecule has 0 amide bonds. The molecular weight excluding hydrogens is 399 g/mol. The maximum atomic E-state index is 9.09. The van der Waals surface area contributed by atoms with Crippen LogP contribution in [0.15, 0.2) is 24.4 Å². The van der Waals surface area contributed by atoms with Crippen molar-refractivity contribution in [3.8, 4) is 5.88 Å². The van der Waals surface area contributed by atoms with Crippen LogP contribution in [0.3, 0.4) is 0 Å². The minimum absolute atomic E-state index is 0. The van der Waals surface area contributed by atoms with E-state index in [4.69, 9.17) is 21.8 Å². The van der Waals surface area contributed by atoms with Crippen LogP contribution in [-0.4, -0.2) is 26.8 Å². The molecule has 0 spiro atoms. The van der Waals surface area contributed by atoms with Crippen molar-refractivity contribution in [1.29, 1.82) is 0 Å². The summed E-state index contributed by atoms with van der Waals surface area (Å²) in [6, 6.07) is 5.11. The molecule has 0 aliphatic carbocycles. The number of aromatic nitrogens is 2. The zero-order valence-corrected chi connectivity index (χ0v) is 12.3. The summed E-state index contributed by atoms with van der Waals surface area (Å²) in [6.07, 6.45) is 1.63. The largest absolute Gasteiger partial charge is 0.493 e. The summed E-state index contributed by atoms with van der Waals surface area (Å²) in [6.45, 7) is 1.93. The van der Waals surface area contributed by atoms with Gasteiger partial charge in [-0.15, -0.1) is 0 Å². The molecule has 2 aromatic heterocycles. The molecule has 0 aliphatic heterocycles. The van der Waals surface area contributed by atoms with Gasteiger partial charge in [0.25, 0.3) is 0 Å². The molecule has 2 aromatic rings. The van der Waals surface area contributed by atoms with Gasteiger partial charge in [0.2, 0.25) is 5.88 Å². The van der Waals surface area contributed by atoms with Crippen molar-refractivity contribution in [2.45, 2.75) is 6.92 Å². The van der Waals surface area contributed by atoms with Crippen LogP contribution in [0.25, 0.3) is 10.9 Å². The predicted octanol–water partition coefficient (Wildman–Crippen LogP) is 1.98. The number of hydrogen-bond donors (Lipinski definition) is 2. The van der Waals surface area contributed by atoms with Gasteiger partial charge in [0.15, 0.2) is 5.15 Å². The Balaban J connectivity index is 0.000000511. The second kappa shape index (κ2) is 7.55. The second-order valence-electron chi connectivity index (χ2n) is 2.66. The van der Waals surface area contributed by atoms with Crippen LogP contribution >= 0.6 is 11.6 Å². The van der Waals surface area contributed by atoms with Crippen molar-refractivity contribution in [3.63, 3.8) is 0 Å². The number of fused-ring (bicyclic) bond motifs is 1. The van der Waals surface area contributed by atoms with Gasteiger partial charge >= 0.3 is 0 Å². The fourth-order valence-electron chi connectivity index (χ4n) is 1.03. The van der Waals surface area contributed by atoms with Crippen LogP contribution in [0, 0.1) is 0 Å². The van der Waals surface area contributed by atoms with Crippen LogP contribution in [0.5, 0.6) is 5.88 Å². The summed E-state index contributed by atoms with van der Waals surface area (Å²) in [5.74, 6) is -0.0829. The van der Waals surface area contributed by atoms with E-state index in [1.54, 1.807) is 19.2 Å². The molecule has 0 aliphatic rings. The molecule has 16 heavy (non-hydrogen) atoms. The van der Waals surface area contributed by atoms with Gasteiger partial charge < -0.3 is 10.2 Å². The average molecular weight is 411 g/mol. The normalized spacial score (nSPS) is 8.94. The van der Waals surface area contributed by atoms with E-state index in [9.17, 15) is 0 Å². The maximum Gasteiger partial charge on any atom is 0.212 e. The van der Waals surface area contributed by atoms with E-state index in [0.29, 0.717) is 5.52 Å². The number of hydrogen-bond acceptors (Lipinski definition) is 4. The average Bonchev–Trinajstić information content (AvgIpc) is 2.18. The fraction of sp³-hybridized carbons (Fsp3) is 0.200. The van der Waals surface area contributed by atoms with Gasteiger partial charge in [-0.1, -0.05) is 17.7 Å². The van der Waals surface area contributed by atoms with E-state index in [0.717, 1.165) is 5.39 Å². The van der Waals surface area contributed by atoms with Crippen LogP contribution in [0.1, 0.15) is 6.92 Å². The summed E-state index contributed by atoms with van der Waals surface area (Å²) >= 11 is 5.73. The van der Waals surface area contributed by atoms with E-state index in [1.165, 1.54) is 6.07 Å². The molecule has 2 N–H and O–H groups in total. The smallest absolute Gasteiger partial charge is 0.212 e. The van der Waals surface area contributed by atoms with Crippen molar-refractivity contribution in [2.24, 2.45) is 0 Å². The van der Waals surface area contributed by atoms with Crippen molar-refractivity contribution < 1.29 is 31.3 Å². The molecule has 0 fully saturated rings. The van der Waals surface area contributed by atoms with Crippen molar-refractivity contribution in [2.75, 3.05) is 6.61 Å². The minimum Gasteiger partial charge on any atom is -0.493 e. The molecule has 0 bridgehead atoms. The number of aliphatic hydroxyl groups excluding tert-OH is 1. The number of rotatable bonds is 0. The molecule has 86 valence electrons. The number of nitrogens with zero attached hydrogens (tertiary/aromatic N) is 2. The SMILES string of the molecule is CCO.Oc1cc2cccnc2c(Cl)n1.[W]. The van der Waals surface area contributed by atoms with E-state index >= 15 is 0 Å². The minimum atomic E-state index is -0.0829. The van der Waals surface area contributed by atoms with Gasteiger partial charge in [-0.25, -0.2) is 0 Å². The summed E-state index contributed by atoms with van der Waals surface area (Å²) in [5, 5.41) is 17.7. The summed E-state index contributed by atoms with van der Waals surface area (Å²) < 4.78 is 0. The first kappa shape index (κ1) is 15.3. The maximum absolute atomic E-state index is 9.09. The van der Waals surface area contributed by atoms with Crippen LogP contribution in [0.2, 0.25) is 5.15 Å². The Hall–Kier alpha value is -0.702. The molecule has 0 saturated heterocycles. The van der Waals surface area contributed by atoms with E-state index in [1.807, 2.05) is 6.07 Å². The first-order valence-corrected chi connectivity index (χ1v) is 4.78. The topological polar surface area (TPSA) is 66.2 Å². The number of aliphatic hydroxyl groups is 1. The molecule has 0 unspecified atom stereocenters. The van der Waals surface area contributed by atoms with Crippen LogP contribution in [-0.2, 0) is 21.1 Å². The van der Waals surface area contributed by atoms with Gasteiger partial charge in [-0.3, -0.25) is 4.98 Å². The number of aromatic hydroxyl groups is 1. The second-order valence-corrected chi connectivity index (χ2v) is 3.02. The first-order valence-electron chi connectivity index (χ1n) is 4.40. The summed E-state index contributed by atoms with van der Waals surface area (Å²) in [5.41, 5.74) is 0.608. The third-order valence-electron chi connectivity index (χ3n) is 1.53. The summed E-state index contributed by atoms with van der Waals surface area (Å²) in [7, 11) is 0. The Kier molecular flexibility index (Phi) is 7.22. The van der Waals surface area contributed by atoms with Crippen molar-refractivity contribution in [1.82, 2.24) is 9.97 Å². The fourth-order valence-corrected chi connectivity index (χ4v) is 1.28. The zero-order valence-electron chi connectivity index (χ0n) is 8.59. The zero-order chi connectivity index (χ0) is 11.3. The standard InChI is InChI=1S/C8H5ClN2O.C2H6O.W/c9-8-7-5(2-1-3-10-7)4-6(12)11-8;1-2-3;/h1-4H,(H,11,12);3H,2H2,1H3;. The molecule has 4 nitrogen and oxygen atoms in total. The van der Waals surface area contributed by atoms with Gasteiger partial charge in [0.1, 0.15) is 5.52 Å². The molecule has 2 heterocycles. The Morgan fingerprint density at radius 3 is 2.69 bits per heavy atom. The number of pyridine rings is 2. The molecule has 0 radical (unpaired) electrons. The van der Waals surface area contributed by atoms with Crippen LogP contribution < -0.4 is 0 Å². The van der Waals surface area contributed by atoms with Gasteiger partial charge in [-0.05, 0) is 13.0 Å². The first-order chi connectivity index (χ1) is 7.19. The third-order valence-corrected chi connectivity index (χ3v) is 1.80. The monoisotopic (exact) mass is 410 g/mol. The molecule has 0 atom stereocenters. The predicted molar refractivity (Wildman–Crippen MR) is 59.0 cm³/mol. The Morgan fingerprint density at radius 2 is 2.06 bits per heavy atom. The van der Waals surface area contributed by atoms with E-state index in [-0.39, 0.29) is 38.7 Å². The molecule has 6 heteroatoms. The Labute approximate surface area is 113 Å². The van der Waals surface area contributed by atoms with Crippen LogP contribution in [0.4, 0.5) is 0 Å². The van der Waals surface area contributed by atoms with Crippen molar-refractivity contribution in [3.05, 3.63) is 29.5 Å². The molecular formula is C10H11ClN2O2W. The Morgan fingerprint density at radius 1 is 1.44 bits per heavy atom. The van der Waals surface area contributed by atoms with Gasteiger partial charge in [0.05, 0.1) is 0 Å². The van der Waals surface area contributed by atoms with E-state index < -0.39 is 0 Å². The third kappa shape index (κ3) is 4.05. The molecule has 0 aromatic carbocycles.